The zero-order valence-electron chi connectivity index (χ0n) is 15.4. The van der Waals surface area contributed by atoms with Crippen molar-refractivity contribution in [2.75, 3.05) is 39.3 Å². The van der Waals surface area contributed by atoms with E-state index in [1.54, 1.807) is 0 Å². The molecule has 0 saturated carbocycles. The Labute approximate surface area is 153 Å². The number of hydrogen-bond donors (Lipinski definition) is 0. The summed E-state index contributed by atoms with van der Waals surface area (Å²) in [6.07, 6.45) is 4.60. The Hall–Kier alpha value is 1.11. The van der Waals surface area contributed by atoms with E-state index in [1.807, 2.05) is 0 Å². The SMILES string of the molecule is [CH2-]CCN(CC)CC.[CH2-]CCN(CCC)CCC.[Li+].[Li+]. The van der Waals surface area contributed by atoms with Gasteiger partial charge in [0, 0.05) is 0 Å². The van der Waals surface area contributed by atoms with Gasteiger partial charge in [-0.1, -0.05) is 27.7 Å². The van der Waals surface area contributed by atoms with Crippen molar-refractivity contribution in [2.24, 2.45) is 0 Å². The van der Waals surface area contributed by atoms with Gasteiger partial charge >= 0.3 is 37.7 Å². The van der Waals surface area contributed by atoms with Gasteiger partial charge < -0.3 is 23.6 Å². The monoisotopic (exact) mass is 270 g/mol. The Kier molecular flexibility index (Phi) is 36.6. The van der Waals surface area contributed by atoms with Crippen LogP contribution in [0.25, 0.3) is 0 Å². The molecule has 0 aliphatic carbocycles. The Bertz CT molecular complexity index is 128. The summed E-state index contributed by atoms with van der Waals surface area (Å²) in [4.78, 5) is 4.85. The molecule has 0 spiro atoms. The van der Waals surface area contributed by atoms with Crippen LogP contribution in [0.4, 0.5) is 0 Å². The van der Waals surface area contributed by atoms with E-state index in [0.29, 0.717) is 0 Å². The third kappa shape index (κ3) is 21.4. The zero-order chi connectivity index (χ0) is 14.2. The first-order chi connectivity index (χ1) is 8.69. The van der Waals surface area contributed by atoms with Crippen LogP contribution in [0.5, 0.6) is 0 Å². The third-order valence-electron chi connectivity index (χ3n) is 2.92. The molecule has 0 aliphatic rings. The molecule has 0 fully saturated rings. The van der Waals surface area contributed by atoms with Crippen LogP contribution in [0.2, 0.25) is 0 Å². The van der Waals surface area contributed by atoms with Gasteiger partial charge in [0.05, 0.1) is 0 Å². The van der Waals surface area contributed by atoms with E-state index in [4.69, 9.17) is 0 Å². The molecule has 0 radical (unpaired) electrons. The van der Waals surface area contributed by atoms with E-state index in [2.05, 4.69) is 51.3 Å². The molecule has 0 heterocycles. The molecule has 0 saturated heterocycles. The normalized spacial score (nSPS) is 9.60. The number of hydrogen-bond acceptors (Lipinski definition) is 2. The maximum Gasteiger partial charge on any atom is 1.00 e. The summed E-state index contributed by atoms with van der Waals surface area (Å²) >= 11 is 0. The first-order valence-corrected chi connectivity index (χ1v) is 7.73. The van der Waals surface area contributed by atoms with E-state index in [0.717, 1.165) is 32.5 Å². The molecule has 0 N–H and O–H groups in total. The van der Waals surface area contributed by atoms with Crippen molar-refractivity contribution in [3.05, 3.63) is 13.8 Å². The third-order valence-corrected chi connectivity index (χ3v) is 2.92. The van der Waals surface area contributed by atoms with Crippen LogP contribution < -0.4 is 37.7 Å². The topological polar surface area (TPSA) is 6.48 Å². The molecule has 0 aliphatic heterocycles. The van der Waals surface area contributed by atoms with Gasteiger partial charge in [-0.05, 0) is 52.1 Å². The second-order valence-electron chi connectivity index (χ2n) is 4.58. The second kappa shape index (κ2) is 25.1. The van der Waals surface area contributed by atoms with Crippen LogP contribution >= 0.6 is 0 Å². The summed E-state index contributed by atoms with van der Waals surface area (Å²) in [5.41, 5.74) is 0. The van der Waals surface area contributed by atoms with E-state index in [1.165, 1.54) is 32.5 Å². The predicted molar refractivity (Wildman–Crippen MR) is 84.8 cm³/mol. The Morgan fingerprint density at radius 2 is 0.950 bits per heavy atom. The van der Waals surface area contributed by atoms with Crippen LogP contribution in [0.1, 0.15) is 53.4 Å². The fourth-order valence-corrected chi connectivity index (χ4v) is 1.95. The van der Waals surface area contributed by atoms with Gasteiger partial charge in [-0.15, -0.1) is 0 Å². The number of nitrogens with zero attached hydrogens (tertiary/aromatic N) is 2. The minimum Gasteiger partial charge on any atom is -0.342 e. The maximum absolute atomic E-state index is 3.85. The largest absolute Gasteiger partial charge is 1.00 e. The fraction of sp³-hybridized carbons (Fsp3) is 0.875. The molecular formula is C16H36Li2N2. The van der Waals surface area contributed by atoms with Crippen molar-refractivity contribution in [1.29, 1.82) is 0 Å². The predicted octanol–water partition coefficient (Wildman–Crippen LogP) is -2.11. The minimum absolute atomic E-state index is 0. The summed E-state index contributed by atoms with van der Waals surface area (Å²) in [5, 5.41) is 0. The van der Waals surface area contributed by atoms with E-state index in [9.17, 15) is 0 Å². The number of rotatable bonds is 10. The molecule has 0 unspecified atom stereocenters. The van der Waals surface area contributed by atoms with Crippen LogP contribution in [-0.2, 0) is 0 Å². The molecule has 4 heteroatoms. The first kappa shape index (κ1) is 29.2. The van der Waals surface area contributed by atoms with Crippen LogP contribution in [-0.4, -0.2) is 49.1 Å². The fourth-order valence-electron chi connectivity index (χ4n) is 1.95. The molecule has 0 aromatic rings. The van der Waals surface area contributed by atoms with E-state index >= 15 is 0 Å². The van der Waals surface area contributed by atoms with E-state index < -0.39 is 0 Å². The molecule has 0 rings (SSSR count). The summed E-state index contributed by atoms with van der Waals surface area (Å²) < 4.78 is 0. The van der Waals surface area contributed by atoms with E-state index in [-0.39, 0.29) is 37.7 Å². The van der Waals surface area contributed by atoms with Crippen LogP contribution in [0, 0.1) is 13.8 Å². The zero-order valence-corrected chi connectivity index (χ0v) is 15.4. The standard InChI is InChI=1S/C9H20N.C7H16N.2Li/c1-4-7-10(8-5-2)9-6-3;1-4-7-8(5-2)6-3;;/h1,4-9H2,2-3H3;1,4-7H2,2-3H3;;/q2*-1;2*+1. The van der Waals surface area contributed by atoms with Crippen molar-refractivity contribution < 1.29 is 37.7 Å². The van der Waals surface area contributed by atoms with Crippen LogP contribution in [0.3, 0.4) is 0 Å². The molecule has 0 atom stereocenters. The van der Waals surface area contributed by atoms with Gasteiger partial charge in [-0.25, -0.2) is 0 Å². The summed E-state index contributed by atoms with van der Waals surface area (Å²) in [7, 11) is 0. The van der Waals surface area contributed by atoms with Crippen LogP contribution in [0.15, 0.2) is 0 Å². The van der Waals surface area contributed by atoms with Crippen molar-refractivity contribution in [1.82, 2.24) is 9.80 Å². The van der Waals surface area contributed by atoms with Gasteiger partial charge in [0.2, 0.25) is 0 Å². The molecule has 0 aromatic carbocycles. The Balaban J connectivity index is -0.000000119. The average Bonchev–Trinajstić information content (AvgIpc) is 2.38. The maximum atomic E-state index is 3.85. The molecular weight excluding hydrogens is 234 g/mol. The van der Waals surface area contributed by atoms with Gasteiger partial charge in [0.1, 0.15) is 0 Å². The molecule has 0 bridgehead atoms. The molecule has 2 nitrogen and oxygen atoms in total. The Morgan fingerprint density at radius 1 is 0.600 bits per heavy atom. The van der Waals surface area contributed by atoms with Gasteiger partial charge in [-0.2, -0.15) is 12.8 Å². The van der Waals surface area contributed by atoms with Crippen molar-refractivity contribution >= 4 is 0 Å². The first-order valence-electron chi connectivity index (χ1n) is 7.73. The Morgan fingerprint density at radius 3 is 1.15 bits per heavy atom. The second-order valence-corrected chi connectivity index (χ2v) is 4.58. The van der Waals surface area contributed by atoms with Crippen molar-refractivity contribution in [3.8, 4) is 0 Å². The van der Waals surface area contributed by atoms with Crippen molar-refractivity contribution in [2.45, 2.75) is 53.4 Å². The summed E-state index contributed by atoms with van der Waals surface area (Å²) in [6.45, 7) is 23.6. The van der Waals surface area contributed by atoms with Crippen molar-refractivity contribution in [3.63, 3.8) is 0 Å². The minimum atomic E-state index is 0. The smallest absolute Gasteiger partial charge is 0.342 e. The quantitative estimate of drug-likeness (QED) is 0.331. The summed E-state index contributed by atoms with van der Waals surface area (Å²) in [6, 6.07) is 0. The molecule has 0 amide bonds. The van der Waals surface area contributed by atoms with Gasteiger partial charge in [-0.3, -0.25) is 0 Å². The summed E-state index contributed by atoms with van der Waals surface area (Å²) in [5.74, 6) is 0. The molecule has 20 heavy (non-hydrogen) atoms. The van der Waals surface area contributed by atoms with Gasteiger partial charge in [0.25, 0.3) is 0 Å². The average molecular weight is 270 g/mol. The van der Waals surface area contributed by atoms with Gasteiger partial charge in [0.15, 0.2) is 0 Å². The molecule has 0 aromatic heterocycles. The molecule has 112 valence electrons.